The molecule has 0 radical (unpaired) electrons. The third kappa shape index (κ3) is 7.48. The Labute approximate surface area is 198 Å². The zero-order valence-corrected chi connectivity index (χ0v) is 19.6. The molecule has 0 heterocycles. The van der Waals surface area contributed by atoms with Gasteiger partial charge in [0.2, 0.25) is 0 Å². The highest BCUT2D eigenvalue weighted by molar-refractivity contribution is 7.99. The number of thioether (sulfide) groups is 1. The van der Waals surface area contributed by atoms with Crippen molar-refractivity contribution >= 4 is 23.7 Å². The third-order valence-electron chi connectivity index (χ3n) is 5.15. The van der Waals surface area contributed by atoms with Crippen LogP contribution in [0.5, 0.6) is 0 Å². The molecule has 0 bridgehead atoms. The minimum atomic E-state index is -1.55. The maximum atomic E-state index is 12.6. The summed E-state index contributed by atoms with van der Waals surface area (Å²) in [7, 11) is 0. The monoisotopic (exact) mass is 464 g/mol. The van der Waals surface area contributed by atoms with E-state index < -0.39 is 23.5 Å². The van der Waals surface area contributed by atoms with Gasteiger partial charge in [-0.1, -0.05) is 66.2 Å². The van der Waals surface area contributed by atoms with Crippen molar-refractivity contribution in [2.24, 2.45) is 0 Å². The number of rotatable bonds is 10. The second kappa shape index (κ2) is 11.7. The molecule has 0 aliphatic rings. The van der Waals surface area contributed by atoms with Gasteiger partial charge < -0.3 is 14.6 Å². The first-order valence-electron chi connectivity index (χ1n) is 10.7. The Hall–Kier alpha value is -3.09. The second-order valence-electron chi connectivity index (χ2n) is 8.01. The summed E-state index contributed by atoms with van der Waals surface area (Å²) in [5, 5.41) is 11.2. The number of benzene rings is 3. The van der Waals surface area contributed by atoms with Gasteiger partial charge in [-0.2, -0.15) is 0 Å². The van der Waals surface area contributed by atoms with Gasteiger partial charge in [0.15, 0.2) is 0 Å². The fourth-order valence-corrected chi connectivity index (χ4v) is 3.97. The number of carbonyl (C=O) groups excluding carboxylic acids is 2. The molecule has 0 fully saturated rings. The molecule has 1 N–H and O–H groups in total. The first kappa shape index (κ1) is 24.6. The number of aryl methyl sites for hydroxylation is 1. The van der Waals surface area contributed by atoms with Crippen molar-refractivity contribution in [1.29, 1.82) is 0 Å². The fourth-order valence-electron chi connectivity index (χ4n) is 3.04. The lowest BCUT2D eigenvalue weighted by molar-refractivity contribution is -0.153. The maximum Gasteiger partial charge on any atom is 0.338 e. The molecule has 0 aliphatic carbocycles. The molecule has 3 rings (SSSR count). The van der Waals surface area contributed by atoms with Crippen LogP contribution in [0.2, 0.25) is 0 Å². The molecular formula is C27H28O5S. The lowest BCUT2D eigenvalue weighted by Crippen LogP contribution is -2.44. The van der Waals surface area contributed by atoms with Crippen LogP contribution in [0, 0.1) is 6.92 Å². The van der Waals surface area contributed by atoms with Gasteiger partial charge in [0, 0.05) is 10.6 Å². The summed E-state index contributed by atoms with van der Waals surface area (Å²) in [6.07, 6.45) is 0. The molecule has 0 saturated carbocycles. The van der Waals surface area contributed by atoms with Crippen molar-refractivity contribution in [3.8, 4) is 0 Å². The SMILES string of the molecule is Cc1ccc(SC[C@](O)(COC(=O)c2ccccc2)COC(=O)[C@@H](C)c2ccccc2)cc1. The molecule has 172 valence electrons. The van der Waals surface area contributed by atoms with Crippen molar-refractivity contribution in [3.63, 3.8) is 0 Å². The van der Waals surface area contributed by atoms with E-state index in [4.69, 9.17) is 9.47 Å². The summed E-state index contributed by atoms with van der Waals surface area (Å²) < 4.78 is 10.9. The molecule has 0 aliphatic heterocycles. The van der Waals surface area contributed by atoms with Gasteiger partial charge in [-0.15, -0.1) is 11.8 Å². The minimum Gasteiger partial charge on any atom is -0.462 e. The molecule has 2 atom stereocenters. The Kier molecular flexibility index (Phi) is 8.69. The van der Waals surface area contributed by atoms with Crippen molar-refractivity contribution in [2.45, 2.75) is 30.3 Å². The number of ether oxygens (including phenoxy) is 2. The van der Waals surface area contributed by atoms with E-state index in [0.717, 1.165) is 16.0 Å². The van der Waals surface area contributed by atoms with Gasteiger partial charge in [0.1, 0.15) is 18.8 Å². The van der Waals surface area contributed by atoms with Crippen LogP contribution in [-0.4, -0.2) is 41.6 Å². The number of hydrogen-bond donors (Lipinski definition) is 1. The highest BCUT2D eigenvalue weighted by atomic mass is 32.2. The van der Waals surface area contributed by atoms with Crippen molar-refractivity contribution < 1.29 is 24.2 Å². The van der Waals surface area contributed by atoms with E-state index in [2.05, 4.69) is 0 Å². The molecule has 5 nitrogen and oxygen atoms in total. The highest BCUT2D eigenvalue weighted by Crippen LogP contribution is 2.25. The van der Waals surface area contributed by atoms with Crippen LogP contribution in [0.1, 0.15) is 34.3 Å². The molecule has 0 spiro atoms. The molecule has 6 heteroatoms. The summed E-state index contributed by atoms with van der Waals surface area (Å²) in [4.78, 5) is 26.0. The lowest BCUT2D eigenvalue weighted by atomic mass is 10.0. The highest BCUT2D eigenvalue weighted by Gasteiger charge is 2.32. The first-order valence-corrected chi connectivity index (χ1v) is 11.7. The minimum absolute atomic E-state index is 0.186. The van der Waals surface area contributed by atoms with E-state index in [1.807, 2.05) is 61.5 Å². The van der Waals surface area contributed by atoms with Gasteiger partial charge >= 0.3 is 11.9 Å². The normalized spacial score (nSPS) is 13.5. The Bertz CT molecular complexity index is 1040. The predicted molar refractivity (Wildman–Crippen MR) is 129 cm³/mol. The predicted octanol–water partition coefficient (Wildman–Crippen LogP) is 5.02. The van der Waals surface area contributed by atoms with Crippen LogP contribution >= 0.6 is 11.8 Å². The van der Waals surface area contributed by atoms with Crippen LogP contribution < -0.4 is 0 Å². The number of esters is 2. The summed E-state index contributed by atoms with van der Waals surface area (Å²) >= 11 is 1.41. The Morgan fingerprint density at radius 2 is 1.45 bits per heavy atom. The number of carbonyl (C=O) groups is 2. The van der Waals surface area contributed by atoms with Crippen LogP contribution in [0.15, 0.2) is 89.8 Å². The van der Waals surface area contributed by atoms with Gasteiger partial charge in [-0.3, -0.25) is 4.79 Å². The summed E-state index contributed by atoms with van der Waals surface area (Å²) in [6.45, 7) is 3.17. The van der Waals surface area contributed by atoms with Gasteiger partial charge in [0.25, 0.3) is 0 Å². The zero-order chi connectivity index (χ0) is 23.7. The Morgan fingerprint density at radius 3 is 2.09 bits per heavy atom. The quantitative estimate of drug-likeness (QED) is 0.335. The van der Waals surface area contributed by atoms with Crippen LogP contribution in [-0.2, 0) is 14.3 Å². The summed E-state index contributed by atoms with van der Waals surface area (Å²) in [5.41, 5.74) is 0.804. The van der Waals surface area contributed by atoms with Crippen molar-refractivity contribution in [3.05, 3.63) is 102 Å². The topological polar surface area (TPSA) is 72.8 Å². The molecule has 0 aromatic heterocycles. The summed E-state index contributed by atoms with van der Waals surface area (Å²) in [5.74, 6) is -1.29. The van der Waals surface area contributed by atoms with Crippen LogP contribution in [0.4, 0.5) is 0 Å². The van der Waals surface area contributed by atoms with Gasteiger partial charge in [-0.25, -0.2) is 4.79 Å². The Morgan fingerprint density at radius 1 is 0.879 bits per heavy atom. The van der Waals surface area contributed by atoms with Crippen LogP contribution in [0.3, 0.4) is 0 Å². The van der Waals surface area contributed by atoms with Gasteiger partial charge in [-0.05, 0) is 43.7 Å². The molecule has 3 aromatic carbocycles. The number of aliphatic hydroxyl groups is 1. The van der Waals surface area contributed by atoms with Gasteiger partial charge in [0.05, 0.1) is 11.5 Å². The van der Waals surface area contributed by atoms with Crippen molar-refractivity contribution in [1.82, 2.24) is 0 Å². The van der Waals surface area contributed by atoms with E-state index in [-0.39, 0.29) is 19.0 Å². The number of hydrogen-bond acceptors (Lipinski definition) is 6. The third-order valence-corrected chi connectivity index (χ3v) is 6.43. The fraction of sp³-hybridized carbons (Fsp3) is 0.259. The summed E-state index contributed by atoms with van der Waals surface area (Å²) in [6, 6.07) is 25.8. The van der Waals surface area contributed by atoms with E-state index in [0.29, 0.717) is 5.56 Å². The standard InChI is InChI=1S/C27H28O5S/c1-20-13-15-24(16-14-20)33-19-27(30,18-32-26(29)23-11-7-4-8-12-23)17-31-25(28)21(2)22-9-5-3-6-10-22/h3-16,21,30H,17-19H2,1-2H3/t21-,27+/m0/s1. The second-order valence-corrected chi connectivity index (χ2v) is 9.06. The van der Waals surface area contributed by atoms with Crippen LogP contribution in [0.25, 0.3) is 0 Å². The average Bonchev–Trinajstić information content (AvgIpc) is 2.86. The molecule has 0 amide bonds. The molecule has 0 unspecified atom stereocenters. The Balaban J connectivity index is 1.66. The zero-order valence-electron chi connectivity index (χ0n) is 18.8. The van der Waals surface area contributed by atoms with E-state index in [1.165, 1.54) is 11.8 Å². The molecular weight excluding hydrogens is 436 g/mol. The smallest absolute Gasteiger partial charge is 0.338 e. The first-order chi connectivity index (χ1) is 15.9. The average molecular weight is 465 g/mol. The molecule has 3 aromatic rings. The van der Waals surface area contributed by atoms with Crippen molar-refractivity contribution in [2.75, 3.05) is 19.0 Å². The molecule has 0 saturated heterocycles. The van der Waals surface area contributed by atoms with E-state index in [9.17, 15) is 14.7 Å². The largest absolute Gasteiger partial charge is 0.462 e. The lowest BCUT2D eigenvalue weighted by Gasteiger charge is -2.27. The van der Waals surface area contributed by atoms with E-state index in [1.54, 1.807) is 37.3 Å². The van der Waals surface area contributed by atoms with E-state index >= 15 is 0 Å². The maximum absolute atomic E-state index is 12.6. The molecule has 33 heavy (non-hydrogen) atoms.